The van der Waals surface area contributed by atoms with Crippen molar-refractivity contribution in [2.45, 2.75) is 39.2 Å². The van der Waals surface area contributed by atoms with Crippen LogP contribution in [-0.4, -0.2) is 16.8 Å². The quantitative estimate of drug-likeness (QED) is 0.825. The molecule has 0 aliphatic heterocycles. The maximum atomic E-state index is 12.2. The van der Waals surface area contributed by atoms with Gasteiger partial charge in [0.15, 0.2) is 0 Å². The van der Waals surface area contributed by atoms with Crippen molar-refractivity contribution >= 4 is 0 Å². The predicted octanol–water partition coefficient (Wildman–Crippen LogP) is 2.55. The Hall–Kier alpha value is -0.970. The molecule has 15 heavy (non-hydrogen) atoms. The summed E-state index contributed by atoms with van der Waals surface area (Å²) in [5, 5.41) is 3.09. The molecule has 1 aromatic rings. The third-order valence-electron chi connectivity index (χ3n) is 1.96. The van der Waals surface area contributed by atoms with E-state index in [1.54, 1.807) is 12.1 Å². The van der Waals surface area contributed by atoms with Crippen molar-refractivity contribution in [3.05, 3.63) is 24.0 Å². The number of alkyl halides is 3. The molecule has 0 unspecified atom stereocenters. The van der Waals surface area contributed by atoms with Crippen LogP contribution in [0.1, 0.15) is 19.5 Å². The highest BCUT2D eigenvalue weighted by Gasteiger charge is 2.28. The Morgan fingerprint density at radius 1 is 1.40 bits per heavy atom. The molecule has 0 aliphatic carbocycles. The molecule has 1 rings (SSSR count). The van der Waals surface area contributed by atoms with E-state index in [-0.39, 0.29) is 6.04 Å². The van der Waals surface area contributed by atoms with Gasteiger partial charge in [-0.15, -0.1) is 0 Å². The minimum Gasteiger partial charge on any atom is -0.341 e. The second kappa shape index (κ2) is 4.70. The van der Waals surface area contributed by atoms with Crippen molar-refractivity contribution in [3.8, 4) is 0 Å². The van der Waals surface area contributed by atoms with Crippen molar-refractivity contribution in [3.63, 3.8) is 0 Å². The van der Waals surface area contributed by atoms with Gasteiger partial charge in [-0.3, -0.25) is 0 Å². The van der Waals surface area contributed by atoms with Crippen molar-refractivity contribution in [2.24, 2.45) is 0 Å². The Kier molecular flexibility index (Phi) is 3.79. The topological polar surface area (TPSA) is 17.0 Å². The normalized spacial score (nSPS) is 12.4. The van der Waals surface area contributed by atoms with Crippen molar-refractivity contribution in [1.82, 2.24) is 9.88 Å². The first-order valence-electron chi connectivity index (χ1n) is 4.82. The molecule has 1 heterocycles. The minimum absolute atomic E-state index is 0.263. The van der Waals surface area contributed by atoms with Crippen LogP contribution in [-0.2, 0) is 13.1 Å². The molecule has 0 aliphatic rings. The Bertz CT molecular complexity index is 302. The Morgan fingerprint density at radius 2 is 2.07 bits per heavy atom. The van der Waals surface area contributed by atoms with Crippen LogP contribution in [0.4, 0.5) is 13.2 Å². The number of halogens is 3. The van der Waals surface area contributed by atoms with Gasteiger partial charge in [-0.2, -0.15) is 13.2 Å². The van der Waals surface area contributed by atoms with E-state index in [4.69, 9.17) is 0 Å². The summed E-state index contributed by atoms with van der Waals surface area (Å²) in [6, 6.07) is 3.59. The van der Waals surface area contributed by atoms with Gasteiger partial charge in [0.05, 0.1) is 0 Å². The molecule has 0 fully saturated rings. The van der Waals surface area contributed by atoms with Crippen LogP contribution in [0.15, 0.2) is 18.3 Å². The standard InChI is InChI=1S/C10H15F3N2/c1-8(2)14-6-9-4-3-5-15(9)7-10(11,12)13/h3-5,8,14H,6-7H2,1-2H3. The average molecular weight is 220 g/mol. The van der Waals surface area contributed by atoms with Crippen LogP contribution in [0, 0.1) is 0 Å². The third kappa shape index (κ3) is 4.38. The lowest BCUT2D eigenvalue weighted by Gasteiger charge is -2.13. The smallest absolute Gasteiger partial charge is 0.341 e. The van der Waals surface area contributed by atoms with Crippen LogP contribution in [0.3, 0.4) is 0 Å². The van der Waals surface area contributed by atoms with E-state index in [1.165, 1.54) is 10.8 Å². The number of hydrogen-bond acceptors (Lipinski definition) is 1. The molecule has 0 spiro atoms. The highest BCUT2D eigenvalue weighted by molar-refractivity contribution is 5.07. The summed E-state index contributed by atoms with van der Waals surface area (Å²) in [7, 11) is 0. The number of nitrogens with one attached hydrogen (secondary N) is 1. The monoisotopic (exact) mass is 220 g/mol. The second-order valence-corrected chi connectivity index (χ2v) is 3.78. The fourth-order valence-corrected chi connectivity index (χ4v) is 1.27. The molecule has 5 heteroatoms. The van der Waals surface area contributed by atoms with Crippen molar-refractivity contribution in [1.29, 1.82) is 0 Å². The fraction of sp³-hybridized carbons (Fsp3) is 0.600. The molecular formula is C10H15F3N2. The van der Waals surface area contributed by atoms with E-state index in [1.807, 2.05) is 13.8 Å². The van der Waals surface area contributed by atoms with Crippen LogP contribution in [0.2, 0.25) is 0 Å². The molecule has 0 bridgehead atoms. The minimum atomic E-state index is -4.16. The molecule has 2 nitrogen and oxygen atoms in total. The highest BCUT2D eigenvalue weighted by atomic mass is 19.4. The average Bonchev–Trinajstić information content (AvgIpc) is 2.45. The lowest BCUT2D eigenvalue weighted by Crippen LogP contribution is -2.25. The molecule has 0 aromatic carbocycles. The van der Waals surface area contributed by atoms with Gasteiger partial charge in [0.25, 0.3) is 0 Å². The molecule has 0 atom stereocenters. The third-order valence-corrected chi connectivity index (χ3v) is 1.96. The fourth-order valence-electron chi connectivity index (χ4n) is 1.27. The van der Waals surface area contributed by atoms with Gasteiger partial charge < -0.3 is 9.88 Å². The van der Waals surface area contributed by atoms with Gasteiger partial charge in [-0.05, 0) is 12.1 Å². The lowest BCUT2D eigenvalue weighted by atomic mass is 10.3. The van der Waals surface area contributed by atoms with E-state index in [2.05, 4.69) is 5.32 Å². The van der Waals surface area contributed by atoms with Crippen LogP contribution in [0.5, 0.6) is 0 Å². The van der Waals surface area contributed by atoms with Gasteiger partial charge >= 0.3 is 6.18 Å². The lowest BCUT2D eigenvalue weighted by molar-refractivity contribution is -0.140. The van der Waals surface area contributed by atoms with Gasteiger partial charge in [-0.1, -0.05) is 13.8 Å². The zero-order valence-electron chi connectivity index (χ0n) is 8.80. The number of hydrogen-bond donors (Lipinski definition) is 1. The second-order valence-electron chi connectivity index (χ2n) is 3.78. The summed E-state index contributed by atoms with van der Waals surface area (Å²) < 4.78 is 37.7. The summed E-state index contributed by atoms with van der Waals surface area (Å²) in [5.74, 6) is 0. The number of nitrogens with zero attached hydrogens (tertiary/aromatic N) is 1. The summed E-state index contributed by atoms with van der Waals surface area (Å²) in [6.45, 7) is 3.45. The molecule has 86 valence electrons. The molecule has 0 amide bonds. The van der Waals surface area contributed by atoms with E-state index in [9.17, 15) is 13.2 Å². The summed E-state index contributed by atoms with van der Waals surface area (Å²) in [6.07, 6.45) is -2.71. The molecule has 0 saturated carbocycles. The first kappa shape index (κ1) is 12.1. The first-order chi connectivity index (χ1) is 6.88. The van der Waals surface area contributed by atoms with Gasteiger partial charge in [0, 0.05) is 24.5 Å². The zero-order chi connectivity index (χ0) is 11.5. The van der Waals surface area contributed by atoms with Crippen molar-refractivity contribution in [2.75, 3.05) is 0 Å². The number of aromatic nitrogens is 1. The van der Waals surface area contributed by atoms with Gasteiger partial charge in [-0.25, -0.2) is 0 Å². The van der Waals surface area contributed by atoms with E-state index < -0.39 is 12.7 Å². The SMILES string of the molecule is CC(C)NCc1cccn1CC(F)(F)F. The molecule has 1 N–H and O–H groups in total. The maximum Gasteiger partial charge on any atom is 0.406 e. The summed E-state index contributed by atoms with van der Waals surface area (Å²) in [5.41, 5.74) is 0.654. The predicted molar refractivity (Wildman–Crippen MR) is 52.5 cm³/mol. The highest BCUT2D eigenvalue weighted by Crippen LogP contribution is 2.18. The number of rotatable bonds is 4. The van der Waals surface area contributed by atoms with E-state index in [0.717, 1.165) is 0 Å². The van der Waals surface area contributed by atoms with E-state index in [0.29, 0.717) is 12.2 Å². The van der Waals surface area contributed by atoms with Gasteiger partial charge in [0.2, 0.25) is 0 Å². The van der Waals surface area contributed by atoms with Crippen LogP contribution < -0.4 is 5.32 Å². The molecule has 0 saturated heterocycles. The molecule has 1 aromatic heterocycles. The Morgan fingerprint density at radius 3 is 2.60 bits per heavy atom. The molecular weight excluding hydrogens is 205 g/mol. The summed E-state index contributed by atoms with van der Waals surface area (Å²) in [4.78, 5) is 0. The Balaban J connectivity index is 2.61. The van der Waals surface area contributed by atoms with Crippen LogP contribution >= 0.6 is 0 Å². The largest absolute Gasteiger partial charge is 0.406 e. The van der Waals surface area contributed by atoms with Gasteiger partial charge in [0.1, 0.15) is 6.54 Å². The first-order valence-corrected chi connectivity index (χ1v) is 4.82. The van der Waals surface area contributed by atoms with Crippen LogP contribution in [0.25, 0.3) is 0 Å². The summed E-state index contributed by atoms with van der Waals surface area (Å²) >= 11 is 0. The molecule has 0 radical (unpaired) electrons. The van der Waals surface area contributed by atoms with E-state index >= 15 is 0 Å². The Labute approximate surface area is 87.1 Å². The maximum absolute atomic E-state index is 12.2. The van der Waals surface area contributed by atoms with Crippen molar-refractivity contribution < 1.29 is 13.2 Å². The zero-order valence-corrected chi connectivity index (χ0v) is 8.80.